The van der Waals surface area contributed by atoms with Gasteiger partial charge in [-0.15, -0.1) is 5.10 Å². The van der Waals surface area contributed by atoms with Crippen molar-refractivity contribution >= 4 is 11.6 Å². The molecular weight excluding hydrogens is 444 g/mol. The van der Waals surface area contributed by atoms with Crippen molar-refractivity contribution in [1.29, 1.82) is 0 Å². The number of amides is 1. The van der Waals surface area contributed by atoms with Crippen molar-refractivity contribution in [1.82, 2.24) is 14.8 Å². The molecule has 0 atom stereocenters. The molecule has 4 aromatic rings. The zero-order valence-electron chi connectivity index (χ0n) is 20.0. The van der Waals surface area contributed by atoms with Crippen molar-refractivity contribution in [3.8, 4) is 28.8 Å². The van der Waals surface area contributed by atoms with Gasteiger partial charge in [0.1, 0.15) is 12.4 Å². The van der Waals surface area contributed by atoms with Crippen LogP contribution in [0.4, 0.5) is 5.69 Å². The Labute approximate surface area is 204 Å². The molecule has 180 valence electrons. The first-order valence-electron chi connectivity index (χ1n) is 11.2. The van der Waals surface area contributed by atoms with Crippen LogP contribution >= 0.6 is 0 Å². The molecule has 0 saturated heterocycles. The minimum atomic E-state index is -0.214. The lowest BCUT2D eigenvalue weighted by Crippen LogP contribution is -2.17. The number of nitrogens with zero attached hydrogens (tertiary/aromatic N) is 3. The van der Waals surface area contributed by atoms with Gasteiger partial charge in [-0.2, -0.15) is 4.98 Å². The predicted molar refractivity (Wildman–Crippen MR) is 134 cm³/mol. The maximum absolute atomic E-state index is 11.8. The van der Waals surface area contributed by atoms with E-state index in [9.17, 15) is 4.79 Å². The molecular formula is C27H28N4O4. The third kappa shape index (κ3) is 6.24. The van der Waals surface area contributed by atoms with E-state index >= 15 is 0 Å². The van der Waals surface area contributed by atoms with Gasteiger partial charge in [0.25, 0.3) is 0 Å². The summed E-state index contributed by atoms with van der Waals surface area (Å²) in [6, 6.07) is 23.6. The number of methoxy groups -OCH3 is 2. The highest BCUT2D eigenvalue weighted by molar-refractivity contribution is 5.91. The average molecular weight is 473 g/mol. The summed E-state index contributed by atoms with van der Waals surface area (Å²) >= 11 is 0. The number of hydrogen-bond acceptors (Lipinski definition) is 6. The Balaban J connectivity index is 1.54. The minimum Gasteiger partial charge on any atom is -0.497 e. The zero-order chi connectivity index (χ0) is 24.6. The molecule has 0 bridgehead atoms. The monoisotopic (exact) mass is 472 g/mol. The van der Waals surface area contributed by atoms with Crippen LogP contribution in [-0.2, 0) is 16.0 Å². The van der Waals surface area contributed by atoms with Gasteiger partial charge in [0, 0.05) is 24.8 Å². The number of hydrogen-bond donors (Lipinski definition) is 1. The summed E-state index contributed by atoms with van der Waals surface area (Å²) in [6.07, 6.45) is 0.717. The Morgan fingerprint density at radius 1 is 0.943 bits per heavy atom. The van der Waals surface area contributed by atoms with E-state index in [4.69, 9.17) is 14.2 Å². The summed E-state index contributed by atoms with van der Waals surface area (Å²) in [5, 5.41) is 7.40. The number of carbonyl (C=O) groups is 1. The van der Waals surface area contributed by atoms with Crippen LogP contribution in [0.1, 0.15) is 11.1 Å². The van der Waals surface area contributed by atoms with Crippen LogP contribution in [0.3, 0.4) is 0 Å². The van der Waals surface area contributed by atoms with Gasteiger partial charge in [-0.05, 0) is 48.9 Å². The fraction of sp³-hybridized carbons (Fsp3) is 0.222. The Hall–Kier alpha value is -4.17. The molecule has 0 spiro atoms. The van der Waals surface area contributed by atoms with E-state index in [0.717, 1.165) is 28.1 Å². The molecule has 8 nitrogen and oxygen atoms in total. The van der Waals surface area contributed by atoms with Crippen LogP contribution in [0, 0.1) is 6.92 Å². The lowest BCUT2D eigenvalue weighted by molar-refractivity contribution is -0.119. The first-order valence-corrected chi connectivity index (χ1v) is 11.2. The van der Waals surface area contributed by atoms with E-state index in [0.29, 0.717) is 30.5 Å². The third-order valence-electron chi connectivity index (χ3n) is 5.35. The molecule has 35 heavy (non-hydrogen) atoms. The van der Waals surface area contributed by atoms with Crippen molar-refractivity contribution < 1.29 is 19.0 Å². The number of aromatic nitrogens is 3. The molecule has 0 unspecified atom stereocenters. The van der Waals surface area contributed by atoms with Crippen LogP contribution in [0.15, 0.2) is 72.8 Å². The van der Waals surface area contributed by atoms with E-state index in [1.807, 2.05) is 79.7 Å². The Morgan fingerprint density at radius 3 is 2.31 bits per heavy atom. The number of rotatable bonds is 10. The van der Waals surface area contributed by atoms with Gasteiger partial charge >= 0.3 is 6.01 Å². The van der Waals surface area contributed by atoms with Crippen LogP contribution in [0.5, 0.6) is 11.8 Å². The van der Waals surface area contributed by atoms with Gasteiger partial charge in [0.2, 0.25) is 5.91 Å². The first-order chi connectivity index (χ1) is 17.1. The third-order valence-corrected chi connectivity index (χ3v) is 5.35. The second-order valence-electron chi connectivity index (χ2n) is 7.97. The lowest BCUT2D eigenvalue weighted by Gasteiger charge is -2.08. The normalized spacial score (nSPS) is 10.7. The second kappa shape index (κ2) is 11.3. The summed E-state index contributed by atoms with van der Waals surface area (Å²) in [6.45, 7) is 2.48. The number of carbonyl (C=O) groups excluding carboxylic acids is 1. The van der Waals surface area contributed by atoms with Crippen molar-refractivity contribution in [3.05, 3.63) is 83.9 Å². The maximum Gasteiger partial charge on any atom is 0.336 e. The van der Waals surface area contributed by atoms with Crippen molar-refractivity contribution in [2.24, 2.45) is 0 Å². The van der Waals surface area contributed by atoms with Crippen LogP contribution in [0.2, 0.25) is 0 Å². The highest BCUT2D eigenvalue weighted by Crippen LogP contribution is 2.25. The number of benzene rings is 3. The summed E-state index contributed by atoms with van der Waals surface area (Å²) in [7, 11) is 3.13. The molecule has 1 N–H and O–H groups in total. The highest BCUT2D eigenvalue weighted by atomic mass is 16.5. The van der Waals surface area contributed by atoms with Crippen LogP contribution in [-0.4, -0.2) is 48.1 Å². The second-order valence-corrected chi connectivity index (χ2v) is 7.97. The fourth-order valence-corrected chi connectivity index (χ4v) is 3.49. The van der Waals surface area contributed by atoms with E-state index < -0.39 is 0 Å². The number of aryl methyl sites for hydroxylation is 1. The topological polar surface area (TPSA) is 87.5 Å². The van der Waals surface area contributed by atoms with Gasteiger partial charge in [0.15, 0.2) is 5.82 Å². The summed E-state index contributed by atoms with van der Waals surface area (Å²) < 4.78 is 17.7. The Kier molecular flexibility index (Phi) is 7.74. The Morgan fingerprint density at radius 2 is 1.66 bits per heavy atom. The molecule has 0 aliphatic carbocycles. The SMILES string of the molecule is COCC(=O)Nc1ccc(-n2nc(OCCc3ccc(OC)cc3)nc2-c2ccc(C)cc2)cc1. The van der Waals surface area contributed by atoms with Gasteiger partial charge in [-0.3, -0.25) is 4.79 Å². The predicted octanol–water partition coefficient (Wildman–Crippen LogP) is 4.46. The lowest BCUT2D eigenvalue weighted by atomic mass is 10.1. The average Bonchev–Trinajstić information content (AvgIpc) is 3.29. The van der Waals surface area contributed by atoms with Crippen LogP contribution < -0.4 is 14.8 Å². The van der Waals surface area contributed by atoms with Crippen molar-refractivity contribution in [2.45, 2.75) is 13.3 Å². The largest absolute Gasteiger partial charge is 0.497 e. The van der Waals surface area contributed by atoms with E-state index in [2.05, 4.69) is 15.4 Å². The van der Waals surface area contributed by atoms with Gasteiger partial charge in [-0.25, -0.2) is 4.68 Å². The molecule has 1 heterocycles. The summed E-state index contributed by atoms with van der Waals surface area (Å²) in [5.41, 5.74) is 4.68. The molecule has 0 radical (unpaired) electrons. The first kappa shape index (κ1) is 24.0. The minimum absolute atomic E-state index is 0.000373. The van der Waals surface area contributed by atoms with Gasteiger partial charge in [-0.1, -0.05) is 42.0 Å². The molecule has 3 aromatic carbocycles. The van der Waals surface area contributed by atoms with E-state index in [-0.39, 0.29) is 12.5 Å². The molecule has 8 heteroatoms. The standard InChI is InChI=1S/C27H28N4O4/c1-19-4-8-21(9-5-19)26-29-27(35-17-16-20-6-14-24(34-3)15-7-20)30-31(26)23-12-10-22(11-13-23)28-25(32)18-33-2/h4-15H,16-18H2,1-3H3,(H,28,32). The fourth-order valence-electron chi connectivity index (χ4n) is 3.49. The maximum atomic E-state index is 11.8. The van der Waals surface area contributed by atoms with Crippen LogP contribution in [0.25, 0.3) is 17.1 Å². The summed E-state index contributed by atoms with van der Waals surface area (Å²) in [4.78, 5) is 16.4. The molecule has 4 rings (SSSR count). The highest BCUT2D eigenvalue weighted by Gasteiger charge is 2.15. The van der Waals surface area contributed by atoms with Gasteiger partial charge in [0.05, 0.1) is 19.4 Å². The summed E-state index contributed by atoms with van der Waals surface area (Å²) in [5.74, 6) is 1.27. The number of nitrogens with one attached hydrogen (secondary N) is 1. The smallest absolute Gasteiger partial charge is 0.336 e. The Bertz CT molecular complexity index is 1250. The van der Waals surface area contributed by atoms with E-state index in [1.165, 1.54) is 7.11 Å². The zero-order valence-corrected chi connectivity index (χ0v) is 20.0. The number of ether oxygens (including phenoxy) is 3. The van der Waals surface area contributed by atoms with Crippen molar-refractivity contribution in [3.63, 3.8) is 0 Å². The number of anilines is 1. The van der Waals surface area contributed by atoms with Gasteiger partial charge < -0.3 is 19.5 Å². The molecule has 1 amide bonds. The quantitative estimate of drug-likeness (QED) is 0.367. The molecule has 0 fully saturated rings. The molecule has 0 aliphatic rings. The molecule has 0 saturated carbocycles. The van der Waals surface area contributed by atoms with E-state index in [1.54, 1.807) is 11.8 Å². The molecule has 1 aromatic heterocycles. The van der Waals surface area contributed by atoms with Crippen molar-refractivity contribution in [2.75, 3.05) is 32.8 Å². The molecule has 0 aliphatic heterocycles.